The van der Waals surface area contributed by atoms with Gasteiger partial charge in [0.2, 0.25) is 0 Å². The van der Waals surface area contributed by atoms with E-state index in [4.69, 9.17) is 4.74 Å². The summed E-state index contributed by atoms with van der Waals surface area (Å²) in [6, 6.07) is 0. The molecule has 1 saturated heterocycles. The van der Waals surface area contributed by atoms with Crippen molar-refractivity contribution in [1.82, 2.24) is 0 Å². The Morgan fingerprint density at radius 1 is 1.58 bits per heavy atom. The Kier molecular flexibility index (Phi) is 3.27. The predicted octanol–water partition coefficient (Wildman–Crippen LogP) is 2.17. The molecule has 0 amide bonds. The van der Waals surface area contributed by atoms with Crippen LogP contribution in [0.25, 0.3) is 0 Å². The molecule has 70 valence electrons. The van der Waals surface area contributed by atoms with Crippen LogP contribution < -0.4 is 0 Å². The third kappa shape index (κ3) is 2.07. The summed E-state index contributed by atoms with van der Waals surface area (Å²) in [6.07, 6.45) is 2.84. The Hall–Kier alpha value is -0.370. The van der Waals surface area contributed by atoms with Gasteiger partial charge in [0.1, 0.15) is 6.10 Å². The minimum atomic E-state index is -0.124. The van der Waals surface area contributed by atoms with Gasteiger partial charge in [-0.3, -0.25) is 4.79 Å². The van der Waals surface area contributed by atoms with Crippen LogP contribution in [-0.4, -0.2) is 18.0 Å². The van der Waals surface area contributed by atoms with Crippen molar-refractivity contribution in [3.8, 4) is 0 Å². The van der Waals surface area contributed by atoms with E-state index in [-0.39, 0.29) is 12.2 Å². The number of ketones is 1. The molecule has 2 nitrogen and oxygen atoms in total. The second-order valence-corrected chi connectivity index (χ2v) is 3.88. The van der Waals surface area contributed by atoms with E-state index in [1.54, 1.807) is 0 Å². The minimum Gasteiger partial charge on any atom is -0.366 e. The normalized spacial score (nSPS) is 30.2. The summed E-state index contributed by atoms with van der Waals surface area (Å²) in [4.78, 5) is 11.4. The van der Waals surface area contributed by atoms with Crippen LogP contribution in [0.15, 0.2) is 0 Å². The number of carbonyl (C=O) groups excluding carboxylic acids is 1. The van der Waals surface area contributed by atoms with Gasteiger partial charge in [-0.2, -0.15) is 0 Å². The van der Waals surface area contributed by atoms with Crippen LogP contribution in [-0.2, 0) is 9.53 Å². The van der Waals surface area contributed by atoms with Gasteiger partial charge in [0, 0.05) is 6.42 Å². The van der Waals surface area contributed by atoms with Gasteiger partial charge in [-0.25, -0.2) is 0 Å². The molecule has 1 aliphatic rings. The molecule has 0 aliphatic carbocycles. The fourth-order valence-electron chi connectivity index (χ4n) is 1.69. The lowest BCUT2D eigenvalue weighted by Crippen LogP contribution is -2.22. The fraction of sp³-hybridized carbons (Fsp3) is 0.900. The largest absolute Gasteiger partial charge is 0.366 e. The summed E-state index contributed by atoms with van der Waals surface area (Å²) in [7, 11) is 0. The molecule has 1 heterocycles. The Balaban J connectivity index is 2.45. The molecule has 2 unspecified atom stereocenters. The Morgan fingerprint density at radius 2 is 2.25 bits per heavy atom. The van der Waals surface area contributed by atoms with Crippen molar-refractivity contribution in [1.29, 1.82) is 0 Å². The van der Waals surface area contributed by atoms with Crippen molar-refractivity contribution in [2.24, 2.45) is 5.92 Å². The summed E-state index contributed by atoms with van der Waals surface area (Å²) < 4.78 is 5.63. The molecule has 0 bridgehead atoms. The lowest BCUT2D eigenvalue weighted by atomic mass is 10.0. The number of rotatable bonds is 3. The maximum absolute atomic E-state index is 11.4. The van der Waals surface area contributed by atoms with E-state index in [0.717, 1.165) is 12.8 Å². The smallest absolute Gasteiger partial charge is 0.164 e. The van der Waals surface area contributed by atoms with Crippen molar-refractivity contribution in [3.63, 3.8) is 0 Å². The first-order chi connectivity index (χ1) is 5.65. The van der Waals surface area contributed by atoms with E-state index in [1.807, 2.05) is 13.8 Å². The van der Waals surface area contributed by atoms with E-state index >= 15 is 0 Å². The number of hydrogen-bond acceptors (Lipinski definition) is 2. The van der Waals surface area contributed by atoms with Gasteiger partial charge in [-0.1, -0.05) is 27.2 Å². The second-order valence-electron chi connectivity index (χ2n) is 3.88. The Bertz CT molecular complexity index is 163. The van der Waals surface area contributed by atoms with Gasteiger partial charge in [-0.05, 0) is 12.3 Å². The fourth-order valence-corrected chi connectivity index (χ4v) is 1.69. The van der Waals surface area contributed by atoms with E-state index in [9.17, 15) is 4.79 Å². The molecule has 0 spiro atoms. The van der Waals surface area contributed by atoms with E-state index in [0.29, 0.717) is 18.1 Å². The lowest BCUT2D eigenvalue weighted by molar-refractivity contribution is -0.124. The minimum absolute atomic E-state index is 0.124. The summed E-state index contributed by atoms with van der Waals surface area (Å²) in [6.45, 7) is 6.20. The van der Waals surface area contributed by atoms with Crippen LogP contribution in [0.4, 0.5) is 0 Å². The van der Waals surface area contributed by atoms with Crippen LogP contribution in [0, 0.1) is 5.92 Å². The molecule has 0 aromatic carbocycles. The van der Waals surface area contributed by atoms with Gasteiger partial charge in [-0.15, -0.1) is 0 Å². The molecule has 0 N–H and O–H groups in total. The third-order valence-electron chi connectivity index (χ3n) is 2.30. The molecule has 2 atom stereocenters. The highest BCUT2D eigenvalue weighted by Crippen LogP contribution is 2.24. The zero-order valence-corrected chi connectivity index (χ0v) is 8.17. The van der Waals surface area contributed by atoms with Gasteiger partial charge in [0.25, 0.3) is 0 Å². The standard InChI is InChI=1S/C10H18O2/c1-4-5-8-6-9(11)10(12-8)7(2)3/h7-8,10H,4-6H2,1-3H3. The SMILES string of the molecule is CCCC1CC(=O)C(C(C)C)O1. The van der Waals surface area contributed by atoms with Gasteiger partial charge >= 0.3 is 0 Å². The zero-order chi connectivity index (χ0) is 9.14. The first-order valence-electron chi connectivity index (χ1n) is 4.83. The van der Waals surface area contributed by atoms with Gasteiger partial charge in [0.15, 0.2) is 5.78 Å². The molecule has 12 heavy (non-hydrogen) atoms. The van der Waals surface area contributed by atoms with Crippen molar-refractivity contribution < 1.29 is 9.53 Å². The highest BCUT2D eigenvalue weighted by molar-refractivity contribution is 5.85. The summed E-state index contributed by atoms with van der Waals surface area (Å²) in [5, 5.41) is 0. The van der Waals surface area contributed by atoms with Crippen LogP contribution >= 0.6 is 0 Å². The average molecular weight is 170 g/mol. The van der Waals surface area contributed by atoms with Crippen LogP contribution in [0.2, 0.25) is 0 Å². The Labute approximate surface area is 74.3 Å². The number of carbonyl (C=O) groups is 1. The highest BCUT2D eigenvalue weighted by Gasteiger charge is 2.34. The first kappa shape index (κ1) is 9.72. The molecular weight excluding hydrogens is 152 g/mol. The molecule has 0 radical (unpaired) electrons. The molecule has 2 heteroatoms. The van der Waals surface area contributed by atoms with Crippen molar-refractivity contribution >= 4 is 5.78 Å². The average Bonchev–Trinajstić information content (AvgIpc) is 2.32. The maximum Gasteiger partial charge on any atom is 0.164 e. The van der Waals surface area contributed by atoms with Crippen LogP contribution in [0.5, 0.6) is 0 Å². The van der Waals surface area contributed by atoms with Crippen LogP contribution in [0.3, 0.4) is 0 Å². The summed E-state index contributed by atoms with van der Waals surface area (Å²) in [5.41, 5.74) is 0. The summed E-state index contributed by atoms with van der Waals surface area (Å²) in [5.74, 6) is 0.628. The van der Waals surface area contributed by atoms with Crippen LogP contribution in [0.1, 0.15) is 40.0 Å². The molecule has 1 rings (SSSR count). The van der Waals surface area contributed by atoms with Gasteiger partial charge in [0.05, 0.1) is 6.10 Å². The number of ether oxygens (including phenoxy) is 1. The molecular formula is C10H18O2. The first-order valence-corrected chi connectivity index (χ1v) is 4.83. The van der Waals surface area contributed by atoms with Crippen molar-refractivity contribution in [2.75, 3.05) is 0 Å². The van der Waals surface area contributed by atoms with E-state index in [1.165, 1.54) is 0 Å². The quantitative estimate of drug-likeness (QED) is 0.649. The van der Waals surface area contributed by atoms with Gasteiger partial charge < -0.3 is 4.74 Å². The molecule has 1 aliphatic heterocycles. The molecule has 0 aromatic heterocycles. The second kappa shape index (κ2) is 4.04. The zero-order valence-electron chi connectivity index (χ0n) is 8.17. The van der Waals surface area contributed by atoms with E-state index in [2.05, 4.69) is 6.92 Å². The van der Waals surface area contributed by atoms with E-state index < -0.39 is 0 Å². The predicted molar refractivity (Wildman–Crippen MR) is 48.0 cm³/mol. The highest BCUT2D eigenvalue weighted by atomic mass is 16.5. The monoisotopic (exact) mass is 170 g/mol. The lowest BCUT2D eigenvalue weighted by Gasteiger charge is -2.14. The summed E-state index contributed by atoms with van der Waals surface area (Å²) >= 11 is 0. The third-order valence-corrected chi connectivity index (χ3v) is 2.30. The number of Topliss-reactive ketones (excluding diaryl/α,β-unsaturated/α-hetero) is 1. The number of hydrogen-bond donors (Lipinski definition) is 0. The van der Waals surface area contributed by atoms with Crippen molar-refractivity contribution in [2.45, 2.75) is 52.2 Å². The molecule has 1 fully saturated rings. The molecule has 0 aromatic rings. The topological polar surface area (TPSA) is 26.3 Å². The Morgan fingerprint density at radius 3 is 2.67 bits per heavy atom. The van der Waals surface area contributed by atoms with Crippen molar-refractivity contribution in [3.05, 3.63) is 0 Å². The maximum atomic E-state index is 11.4. The molecule has 0 saturated carbocycles.